The highest BCUT2D eigenvalue weighted by Crippen LogP contribution is 1.79. The molecule has 0 atom stereocenters. The van der Waals surface area contributed by atoms with E-state index in [1.807, 2.05) is 7.05 Å². The first-order chi connectivity index (χ1) is 4.22. The van der Waals surface area contributed by atoms with Crippen molar-refractivity contribution in [1.29, 1.82) is 0 Å². The molecule has 54 valence electrons. The molecule has 0 saturated carbocycles. The van der Waals surface area contributed by atoms with Crippen molar-refractivity contribution in [2.75, 3.05) is 27.9 Å². The Labute approximate surface area is 55.3 Å². The van der Waals surface area contributed by atoms with Gasteiger partial charge in [-0.05, 0) is 0 Å². The lowest BCUT2D eigenvalue weighted by molar-refractivity contribution is 0.123. The van der Waals surface area contributed by atoms with E-state index < -0.39 is 0 Å². The summed E-state index contributed by atoms with van der Waals surface area (Å²) in [5, 5.41) is 0. The highest BCUT2D eigenvalue weighted by atomic mass is 16.5. The summed E-state index contributed by atoms with van der Waals surface area (Å²) in [5.74, 6) is 0.483. The maximum atomic E-state index is 5.40. The molecule has 0 heterocycles. The molecule has 4 heteroatoms. The average molecular weight is 131 g/mol. The highest BCUT2D eigenvalue weighted by molar-refractivity contribution is 5.77. The summed E-state index contributed by atoms with van der Waals surface area (Å²) in [6.07, 6.45) is 0. The molecule has 0 unspecified atom stereocenters. The van der Waals surface area contributed by atoms with E-state index in [2.05, 4.69) is 4.99 Å². The first-order valence-electron chi connectivity index (χ1n) is 2.64. The monoisotopic (exact) mass is 131 g/mol. The first-order valence-corrected chi connectivity index (χ1v) is 2.64. The van der Waals surface area contributed by atoms with Gasteiger partial charge in [0.1, 0.15) is 6.73 Å². The van der Waals surface area contributed by atoms with Crippen LogP contribution in [-0.2, 0) is 4.74 Å². The molecule has 0 saturated heterocycles. The quantitative estimate of drug-likeness (QED) is 0.311. The molecule has 0 rings (SSSR count). The summed E-state index contributed by atoms with van der Waals surface area (Å²) in [7, 11) is 5.06. The van der Waals surface area contributed by atoms with Gasteiger partial charge in [0, 0.05) is 21.2 Å². The Morgan fingerprint density at radius 3 is 2.67 bits per heavy atom. The van der Waals surface area contributed by atoms with Gasteiger partial charge in [-0.1, -0.05) is 0 Å². The third kappa shape index (κ3) is 2.92. The zero-order chi connectivity index (χ0) is 7.28. The number of methoxy groups -OCH3 is 1. The van der Waals surface area contributed by atoms with Crippen LogP contribution in [0.15, 0.2) is 4.99 Å². The fraction of sp³-hybridized carbons (Fsp3) is 0.800. The SMILES string of the molecule is CN=C(N)N(C)COC. The van der Waals surface area contributed by atoms with E-state index in [1.54, 1.807) is 19.1 Å². The minimum Gasteiger partial charge on any atom is -0.370 e. The number of nitrogens with two attached hydrogens (primary N) is 1. The molecule has 4 nitrogen and oxygen atoms in total. The number of hydrogen-bond donors (Lipinski definition) is 1. The third-order valence-corrected chi connectivity index (χ3v) is 0.943. The molecule has 0 fully saturated rings. The second-order valence-corrected chi connectivity index (χ2v) is 1.70. The summed E-state index contributed by atoms with van der Waals surface area (Å²) in [6, 6.07) is 0. The molecule has 2 N–H and O–H groups in total. The second-order valence-electron chi connectivity index (χ2n) is 1.70. The Hall–Kier alpha value is -0.770. The van der Waals surface area contributed by atoms with Gasteiger partial charge < -0.3 is 15.4 Å². The van der Waals surface area contributed by atoms with E-state index in [0.717, 1.165) is 0 Å². The van der Waals surface area contributed by atoms with Crippen molar-refractivity contribution < 1.29 is 4.74 Å². The molecule has 0 aromatic carbocycles. The van der Waals surface area contributed by atoms with Crippen LogP contribution in [0, 0.1) is 0 Å². The average Bonchev–Trinajstić information content (AvgIpc) is 1.87. The molecule has 0 aliphatic carbocycles. The van der Waals surface area contributed by atoms with Crippen molar-refractivity contribution in [2.45, 2.75) is 0 Å². The van der Waals surface area contributed by atoms with E-state index in [0.29, 0.717) is 12.7 Å². The summed E-state index contributed by atoms with van der Waals surface area (Å²) < 4.78 is 4.79. The number of nitrogens with zero attached hydrogens (tertiary/aromatic N) is 2. The van der Waals surface area contributed by atoms with Crippen molar-refractivity contribution in [3.63, 3.8) is 0 Å². The van der Waals surface area contributed by atoms with Crippen LogP contribution in [-0.4, -0.2) is 38.8 Å². The van der Waals surface area contributed by atoms with Crippen LogP contribution >= 0.6 is 0 Å². The van der Waals surface area contributed by atoms with Crippen LogP contribution in [0.4, 0.5) is 0 Å². The van der Waals surface area contributed by atoms with Gasteiger partial charge in [0.2, 0.25) is 0 Å². The number of ether oxygens (including phenoxy) is 1. The second kappa shape index (κ2) is 4.14. The van der Waals surface area contributed by atoms with Crippen LogP contribution in [0.1, 0.15) is 0 Å². The van der Waals surface area contributed by atoms with E-state index in [9.17, 15) is 0 Å². The fourth-order valence-corrected chi connectivity index (χ4v) is 0.430. The maximum Gasteiger partial charge on any atom is 0.192 e. The van der Waals surface area contributed by atoms with Crippen molar-refractivity contribution in [3.8, 4) is 0 Å². The summed E-state index contributed by atoms with van der Waals surface area (Å²) in [6.45, 7) is 0.475. The molecular weight excluding hydrogens is 118 g/mol. The van der Waals surface area contributed by atoms with Gasteiger partial charge in [0.15, 0.2) is 5.96 Å². The zero-order valence-electron chi connectivity index (χ0n) is 6.09. The van der Waals surface area contributed by atoms with Gasteiger partial charge in [-0.25, -0.2) is 0 Å². The van der Waals surface area contributed by atoms with Gasteiger partial charge in [0.25, 0.3) is 0 Å². The molecule has 0 aliphatic heterocycles. The van der Waals surface area contributed by atoms with Crippen LogP contribution in [0.25, 0.3) is 0 Å². The first kappa shape index (κ1) is 8.23. The number of rotatable bonds is 2. The molecule has 0 bridgehead atoms. The summed E-state index contributed by atoms with van der Waals surface area (Å²) >= 11 is 0. The van der Waals surface area contributed by atoms with Crippen LogP contribution in [0.3, 0.4) is 0 Å². The van der Waals surface area contributed by atoms with Crippen molar-refractivity contribution in [1.82, 2.24) is 4.90 Å². The molecule has 0 aromatic rings. The predicted molar refractivity (Wildman–Crippen MR) is 37.2 cm³/mol. The highest BCUT2D eigenvalue weighted by Gasteiger charge is 1.95. The summed E-state index contributed by atoms with van der Waals surface area (Å²) in [5.41, 5.74) is 5.40. The molecule has 0 aromatic heterocycles. The summed E-state index contributed by atoms with van der Waals surface area (Å²) in [4.78, 5) is 5.46. The van der Waals surface area contributed by atoms with Gasteiger partial charge in [0.05, 0.1) is 0 Å². The lowest BCUT2D eigenvalue weighted by atomic mass is 10.8. The van der Waals surface area contributed by atoms with Gasteiger partial charge >= 0.3 is 0 Å². The molecular formula is C5H13N3O. The number of guanidine groups is 1. The Kier molecular flexibility index (Phi) is 3.79. The standard InChI is InChI=1S/C5H13N3O/c1-7-5(6)8(2)4-9-3/h4H2,1-3H3,(H2,6,7). The van der Waals surface area contributed by atoms with E-state index in [-0.39, 0.29) is 0 Å². The van der Waals surface area contributed by atoms with Crippen LogP contribution in [0.2, 0.25) is 0 Å². The zero-order valence-corrected chi connectivity index (χ0v) is 6.09. The van der Waals surface area contributed by atoms with E-state index >= 15 is 0 Å². The van der Waals surface area contributed by atoms with Crippen molar-refractivity contribution in [2.24, 2.45) is 10.7 Å². The number of aliphatic imine (C=N–C) groups is 1. The lowest BCUT2D eigenvalue weighted by Crippen LogP contribution is -2.35. The van der Waals surface area contributed by atoms with Gasteiger partial charge in [-0.2, -0.15) is 0 Å². The molecule has 0 spiro atoms. The molecule has 0 aliphatic rings. The van der Waals surface area contributed by atoms with Crippen molar-refractivity contribution in [3.05, 3.63) is 0 Å². The van der Waals surface area contributed by atoms with E-state index in [1.165, 1.54) is 0 Å². The smallest absolute Gasteiger partial charge is 0.192 e. The van der Waals surface area contributed by atoms with Crippen LogP contribution < -0.4 is 5.73 Å². The van der Waals surface area contributed by atoms with E-state index in [4.69, 9.17) is 10.5 Å². The predicted octanol–water partition coefficient (Wildman–Crippen LogP) is -0.533. The molecule has 0 amide bonds. The molecule has 0 radical (unpaired) electrons. The van der Waals surface area contributed by atoms with Gasteiger partial charge in [-0.3, -0.25) is 4.99 Å². The Morgan fingerprint density at radius 1 is 1.78 bits per heavy atom. The normalized spacial score (nSPS) is 11.7. The molecule has 9 heavy (non-hydrogen) atoms. The van der Waals surface area contributed by atoms with Crippen molar-refractivity contribution >= 4 is 5.96 Å². The van der Waals surface area contributed by atoms with Gasteiger partial charge in [-0.15, -0.1) is 0 Å². The number of hydrogen-bond acceptors (Lipinski definition) is 2. The minimum absolute atomic E-state index is 0.475. The maximum absolute atomic E-state index is 5.40. The fourth-order valence-electron chi connectivity index (χ4n) is 0.430. The minimum atomic E-state index is 0.475. The Bertz CT molecular complexity index is 102. The van der Waals surface area contributed by atoms with Crippen LogP contribution in [0.5, 0.6) is 0 Å². The third-order valence-electron chi connectivity index (χ3n) is 0.943. The largest absolute Gasteiger partial charge is 0.370 e. The Morgan fingerprint density at radius 2 is 2.33 bits per heavy atom. The topological polar surface area (TPSA) is 50.8 Å². The Balaban J connectivity index is 3.59. The lowest BCUT2D eigenvalue weighted by Gasteiger charge is -2.15.